The van der Waals surface area contributed by atoms with Crippen molar-refractivity contribution in [1.29, 1.82) is 0 Å². The maximum atomic E-state index is 9.72. The van der Waals surface area contributed by atoms with E-state index < -0.39 is 0 Å². The largest absolute Gasteiger partial charge is 0.506 e. The van der Waals surface area contributed by atoms with Gasteiger partial charge in [-0.05, 0) is 24.3 Å². The molecule has 4 heteroatoms. The van der Waals surface area contributed by atoms with Crippen LogP contribution in [-0.2, 0) is 6.61 Å². The quantitative estimate of drug-likeness (QED) is 0.754. The first kappa shape index (κ1) is 11.9. The smallest absolute Gasteiger partial charge is 0.139 e. The summed E-state index contributed by atoms with van der Waals surface area (Å²) in [5.41, 5.74) is 1.72. The molecular weight excluding hydrogens is 262 g/mol. The molecule has 0 unspecified atom stereocenters. The van der Waals surface area contributed by atoms with Crippen LogP contribution in [0.2, 0.25) is 5.02 Å². The molecular formula is C15H12ClNO2. The average molecular weight is 274 g/mol. The van der Waals surface area contributed by atoms with E-state index in [1.54, 1.807) is 18.2 Å². The van der Waals surface area contributed by atoms with Crippen LogP contribution in [0.3, 0.4) is 0 Å². The molecule has 3 rings (SSSR count). The van der Waals surface area contributed by atoms with E-state index in [4.69, 9.17) is 16.3 Å². The summed E-state index contributed by atoms with van der Waals surface area (Å²) in [6.07, 6.45) is 1.84. The lowest BCUT2D eigenvalue weighted by molar-refractivity contribution is 0.307. The van der Waals surface area contributed by atoms with Crippen LogP contribution in [0.4, 0.5) is 0 Å². The van der Waals surface area contributed by atoms with E-state index in [2.05, 4.69) is 4.98 Å². The number of benzene rings is 2. The summed E-state index contributed by atoms with van der Waals surface area (Å²) < 4.78 is 5.69. The number of aromatic amines is 1. The normalized spacial score (nSPS) is 10.8. The number of phenols is 1. The fraction of sp³-hybridized carbons (Fsp3) is 0.0667. The van der Waals surface area contributed by atoms with Crippen LogP contribution in [0, 0.1) is 0 Å². The van der Waals surface area contributed by atoms with Crippen molar-refractivity contribution in [3.63, 3.8) is 0 Å². The predicted octanol–water partition coefficient (Wildman–Crippen LogP) is 4.11. The second-order valence-electron chi connectivity index (χ2n) is 4.26. The number of para-hydroxylation sites is 1. The zero-order valence-electron chi connectivity index (χ0n) is 10.1. The molecule has 3 nitrogen and oxygen atoms in total. The van der Waals surface area contributed by atoms with Crippen LogP contribution in [0.25, 0.3) is 10.9 Å². The number of ether oxygens (including phenoxy) is 1. The van der Waals surface area contributed by atoms with E-state index in [9.17, 15) is 5.11 Å². The highest BCUT2D eigenvalue weighted by Gasteiger charge is 2.07. The molecule has 0 aliphatic heterocycles. The van der Waals surface area contributed by atoms with Gasteiger partial charge in [0.2, 0.25) is 0 Å². The average Bonchev–Trinajstić information content (AvgIpc) is 2.81. The summed E-state index contributed by atoms with van der Waals surface area (Å²) in [5, 5.41) is 11.3. The predicted molar refractivity (Wildman–Crippen MR) is 75.7 cm³/mol. The number of halogens is 1. The van der Waals surface area contributed by atoms with Crippen molar-refractivity contribution in [3.05, 3.63) is 59.2 Å². The van der Waals surface area contributed by atoms with Crippen LogP contribution in [-0.4, -0.2) is 10.1 Å². The molecule has 0 spiro atoms. The molecule has 1 aromatic heterocycles. The highest BCUT2D eigenvalue weighted by atomic mass is 35.5. The summed E-state index contributed by atoms with van der Waals surface area (Å²) in [5.74, 6) is 0.966. The van der Waals surface area contributed by atoms with Gasteiger partial charge >= 0.3 is 0 Å². The summed E-state index contributed by atoms with van der Waals surface area (Å²) in [6.45, 7) is 0.420. The molecule has 3 aromatic rings. The number of nitrogens with one attached hydrogen (secondary N) is 1. The SMILES string of the molecule is Oc1cccc2c(COc3cccc(Cl)c3)c[nH]c12. The van der Waals surface area contributed by atoms with Crippen LogP contribution in [0.1, 0.15) is 5.56 Å². The molecule has 0 aliphatic carbocycles. The Hall–Kier alpha value is -2.13. The van der Waals surface area contributed by atoms with E-state index in [-0.39, 0.29) is 5.75 Å². The molecule has 0 amide bonds. The third kappa shape index (κ3) is 2.37. The van der Waals surface area contributed by atoms with Crippen molar-refractivity contribution < 1.29 is 9.84 Å². The van der Waals surface area contributed by atoms with Gasteiger partial charge in [-0.15, -0.1) is 0 Å². The van der Waals surface area contributed by atoms with Gasteiger partial charge in [-0.2, -0.15) is 0 Å². The Balaban J connectivity index is 1.84. The lowest BCUT2D eigenvalue weighted by Gasteiger charge is -2.05. The topological polar surface area (TPSA) is 45.2 Å². The van der Waals surface area contributed by atoms with Crippen LogP contribution < -0.4 is 4.74 Å². The maximum absolute atomic E-state index is 9.72. The third-order valence-electron chi connectivity index (χ3n) is 2.97. The maximum Gasteiger partial charge on any atom is 0.139 e. The van der Waals surface area contributed by atoms with Gasteiger partial charge in [-0.3, -0.25) is 0 Å². The van der Waals surface area contributed by atoms with Crippen molar-refractivity contribution in [3.8, 4) is 11.5 Å². The summed E-state index contributed by atoms with van der Waals surface area (Å²) >= 11 is 5.90. The first-order valence-electron chi connectivity index (χ1n) is 5.90. The molecule has 2 N–H and O–H groups in total. The molecule has 96 valence electrons. The van der Waals surface area contributed by atoms with Crippen molar-refractivity contribution in [1.82, 2.24) is 4.98 Å². The Labute approximate surface area is 115 Å². The minimum Gasteiger partial charge on any atom is -0.506 e. The molecule has 0 saturated carbocycles. The molecule has 0 fully saturated rings. The van der Waals surface area contributed by atoms with Gasteiger partial charge in [0.15, 0.2) is 0 Å². The monoisotopic (exact) mass is 273 g/mol. The Morgan fingerprint density at radius 3 is 2.84 bits per heavy atom. The molecule has 2 aromatic carbocycles. The van der Waals surface area contributed by atoms with E-state index in [0.29, 0.717) is 11.6 Å². The van der Waals surface area contributed by atoms with Gasteiger partial charge < -0.3 is 14.8 Å². The minimum absolute atomic E-state index is 0.242. The van der Waals surface area contributed by atoms with Crippen molar-refractivity contribution in [2.75, 3.05) is 0 Å². The van der Waals surface area contributed by atoms with Crippen LogP contribution in [0.15, 0.2) is 48.7 Å². The number of hydrogen-bond acceptors (Lipinski definition) is 2. The van der Waals surface area contributed by atoms with E-state index >= 15 is 0 Å². The zero-order valence-corrected chi connectivity index (χ0v) is 10.8. The highest BCUT2D eigenvalue weighted by molar-refractivity contribution is 6.30. The Bertz CT molecular complexity index is 721. The zero-order chi connectivity index (χ0) is 13.2. The Morgan fingerprint density at radius 2 is 2.00 bits per heavy atom. The Morgan fingerprint density at radius 1 is 1.16 bits per heavy atom. The van der Waals surface area contributed by atoms with Crippen molar-refractivity contribution in [2.45, 2.75) is 6.61 Å². The van der Waals surface area contributed by atoms with Gasteiger partial charge in [0, 0.05) is 22.2 Å². The third-order valence-corrected chi connectivity index (χ3v) is 3.20. The number of hydrogen-bond donors (Lipinski definition) is 2. The standard InChI is InChI=1S/C15H12ClNO2/c16-11-3-1-4-12(7-11)19-9-10-8-17-15-13(10)5-2-6-14(15)18/h1-8,17-18H,9H2. The second kappa shape index (κ2) is 4.86. The lowest BCUT2D eigenvalue weighted by atomic mass is 10.2. The number of fused-ring (bicyclic) bond motifs is 1. The lowest BCUT2D eigenvalue weighted by Crippen LogP contribution is -1.94. The molecule has 0 atom stereocenters. The summed E-state index contributed by atoms with van der Waals surface area (Å²) in [6, 6.07) is 12.7. The molecule has 0 radical (unpaired) electrons. The second-order valence-corrected chi connectivity index (χ2v) is 4.70. The fourth-order valence-corrected chi connectivity index (χ4v) is 2.21. The molecule has 0 saturated heterocycles. The van der Waals surface area contributed by atoms with Gasteiger partial charge in [-0.25, -0.2) is 0 Å². The fourth-order valence-electron chi connectivity index (χ4n) is 2.03. The molecule has 0 aliphatic rings. The molecule has 19 heavy (non-hydrogen) atoms. The Kier molecular flexibility index (Phi) is 3.05. The number of aromatic nitrogens is 1. The first-order valence-corrected chi connectivity index (χ1v) is 6.28. The first-order chi connectivity index (χ1) is 9.24. The van der Waals surface area contributed by atoms with Gasteiger partial charge in [-0.1, -0.05) is 29.8 Å². The van der Waals surface area contributed by atoms with Gasteiger partial charge in [0.25, 0.3) is 0 Å². The minimum atomic E-state index is 0.242. The highest BCUT2D eigenvalue weighted by Crippen LogP contribution is 2.27. The number of phenolic OH excluding ortho intramolecular Hbond substituents is 1. The van der Waals surface area contributed by atoms with Crippen molar-refractivity contribution in [2.24, 2.45) is 0 Å². The van der Waals surface area contributed by atoms with Crippen LogP contribution >= 0.6 is 11.6 Å². The van der Waals surface area contributed by atoms with Gasteiger partial charge in [0.1, 0.15) is 18.1 Å². The number of rotatable bonds is 3. The van der Waals surface area contributed by atoms with Crippen molar-refractivity contribution >= 4 is 22.5 Å². The number of H-pyrrole nitrogens is 1. The molecule has 1 heterocycles. The summed E-state index contributed by atoms with van der Waals surface area (Å²) in [4.78, 5) is 3.05. The van der Waals surface area contributed by atoms with E-state index in [0.717, 1.165) is 22.2 Å². The number of aromatic hydroxyl groups is 1. The summed E-state index contributed by atoms with van der Waals surface area (Å²) in [7, 11) is 0. The van der Waals surface area contributed by atoms with E-state index in [1.165, 1.54) is 0 Å². The van der Waals surface area contributed by atoms with Crippen LogP contribution in [0.5, 0.6) is 11.5 Å². The molecule has 0 bridgehead atoms. The van der Waals surface area contributed by atoms with Gasteiger partial charge in [0.05, 0.1) is 5.52 Å². The van der Waals surface area contributed by atoms with E-state index in [1.807, 2.05) is 30.5 Å².